The van der Waals surface area contributed by atoms with E-state index in [9.17, 15) is 9.59 Å². The normalized spacial score (nSPS) is 13.4. The average molecular weight is 331 g/mol. The van der Waals surface area contributed by atoms with Crippen LogP contribution in [-0.2, 0) is 4.79 Å². The van der Waals surface area contributed by atoms with Crippen LogP contribution in [0.15, 0.2) is 30.4 Å². The van der Waals surface area contributed by atoms with Crippen molar-refractivity contribution in [1.29, 1.82) is 0 Å². The fraction of sp³-hybridized carbons (Fsp3) is 0.0909. The van der Waals surface area contributed by atoms with Crippen LogP contribution < -0.4 is 30.7 Å². The predicted octanol–water partition coefficient (Wildman–Crippen LogP) is -1.06. The Balaban J connectivity index is 2.20. The van der Waals surface area contributed by atoms with Crippen molar-refractivity contribution in [3.63, 3.8) is 0 Å². The van der Waals surface area contributed by atoms with Gasteiger partial charge >= 0.3 is 103 Å². The van der Waals surface area contributed by atoms with Crippen LogP contribution in [0.4, 0.5) is 4.79 Å². The molecule has 0 aromatic heterocycles. The number of hydrogen-bond acceptors (Lipinski definition) is 4. The fourth-order valence-corrected chi connectivity index (χ4v) is 2.92. The molecule has 16 heavy (non-hydrogen) atoms. The molecule has 0 saturated heterocycles. The van der Waals surface area contributed by atoms with Gasteiger partial charge in [0.1, 0.15) is 0 Å². The van der Waals surface area contributed by atoms with Gasteiger partial charge in [0.25, 0.3) is 0 Å². The predicted molar refractivity (Wildman–Crippen MR) is 51.6 cm³/mol. The minimum absolute atomic E-state index is 0.183. The zero-order chi connectivity index (χ0) is 11.7. The van der Waals surface area contributed by atoms with Crippen LogP contribution in [0, 0.1) is 3.57 Å². The van der Waals surface area contributed by atoms with E-state index < -0.39 is 27.2 Å². The summed E-state index contributed by atoms with van der Waals surface area (Å²) in [5.41, 5.74) is 0.336. The van der Waals surface area contributed by atoms with Crippen molar-refractivity contribution < 1.29 is 40.3 Å². The SMILES string of the molecule is C=C(C)C(=O)Oc1ccc2c(c1)[I-]C(=O)O2. The number of ether oxygens (including phenoxy) is 2. The van der Waals surface area contributed by atoms with Gasteiger partial charge in [-0.25, -0.2) is 0 Å². The number of carbonyl (C=O) groups is 2. The number of rotatable bonds is 2. The molecule has 0 atom stereocenters. The zero-order valence-corrected chi connectivity index (χ0v) is 10.6. The second-order valence-corrected chi connectivity index (χ2v) is 5.78. The van der Waals surface area contributed by atoms with Crippen molar-refractivity contribution in [2.24, 2.45) is 0 Å². The molecule has 0 unspecified atom stereocenters. The fourth-order valence-electron chi connectivity index (χ4n) is 1.08. The van der Waals surface area contributed by atoms with Crippen LogP contribution >= 0.6 is 0 Å². The summed E-state index contributed by atoms with van der Waals surface area (Å²) >= 11 is -0.774. The van der Waals surface area contributed by atoms with Crippen LogP contribution in [0.25, 0.3) is 0 Å². The maximum absolute atomic E-state index is 11.3. The Morgan fingerprint density at radius 3 is 2.94 bits per heavy atom. The van der Waals surface area contributed by atoms with Gasteiger partial charge in [0.15, 0.2) is 0 Å². The molecule has 84 valence electrons. The second kappa shape index (κ2) is 4.25. The minimum atomic E-state index is -0.774. The van der Waals surface area contributed by atoms with Gasteiger partial charge in [-0.1, -0.05) is 0 Å². The Morgan fingerprint density at radius 2 is 2.25 bits per heavy atom. The van der Waals surface area contributed by atoms with Gasteiger partial charge in [-0.2, -0.15) is 0 Å². The summed E-state index contributed by atoms with van der Waals surface area (Å²) in [6.45, 7) is 5.07. The van der Waals surface area contributed by atoms with E-state index >= 15 is 0 Å². The third-order valence-corrected chi connectivity index (χ3v) is 3.92. The summed E-state index contributed by atoms with van der Waals surface area (Å²) in [6, 6.07) is 4.91. The molecular formula is C11H8IO4-. The van der Waals surface area contributed by atoms with E-state index in [4.69, 9.17) is 9.47 Å². The number of hydrogen-bond donors (Lipinski definition) is 0. The number of carbonyl (C=O) groups excluding carboxylic acids is 2. The zero-order valence-electron chi connectivity index (χ0n) is 8.45. The van der Waals surface area contributed by atoms with E-state index in [0.29, 0.717) is 17.1 Å². The van der Waals surface area contributed by atoms with Crippen molar-refractivity contribution in [3.8, 4) is 11.5 Å². The summed E-state index contributed by atoms with van der Waals surface area (Å²) in [4.78, 5) is 22.3. The molecule has 1 aromatic carbocycles. The van der Waals surface area contributed by atoms with Crippen molar-refractivity contribution >= 4 is 9.95 Å². The van der Waals surface area contributed by atoms with Gasteiger partial charge < -0.3 is 0 Å². The van der Waals surface area contributed by atoms with Crippen LogP contribution in [0.2, 0.25) is 0 Å². The second-order valence-electron chi connectivity index (χ2n) is 3.20. The number of esters is 1. The standard InChI is InChI=1S/C11H8IO4/c1-6(2)10(13)15-7-3-4-9-8(5-7)12-11(14)16-9/h3-5H,1H2,2H3/q-1. The summed E-state index contributed by atoms with van der Waals surface area (Å²) in [5, 5.41) is 0. The first-order chi connectivity index (χ1) is 7.56. The molecule has 0 spiro atoms. The molecule has 0 aliphatic carbocycles. The molecule has 2 rings (SSSR count). The van der Waals surface area contributed by atoms with Crippen LogP contribution in [0.5, 0.6) is 11.5 Å². The Bertz CT molecular complexity index is 493. The van der Waals surface area contributed by atoms with E-state index in [-0.39, 0.29) is 3.98 Å². The van der Waals surface area contributed by atoms with E-state index in [1.807, 2.05) is 0 Å². The molecular weight excluding hydrogens is 323 g/mol. The Hall–Kier alpha value is -1.37. The summed E-state index contributed by atoms with van der Waals surface area (Å²) < 4.78 is 10.7. The Morgan fingerprint density at radius 1 is 1.50 bits per heavy atom. The molecule has 0 N–H and O–H groups in total. The molecule has 1 heterocycles. The maximum atomic E-state index is 11.3. The topological polar surface area (TPSA) is 52.6 Å². The van der Waals surface area contributed by atoms with Crippen molar-refractivity contribution in [1.82, 2.24) is 0 Å². The molecule has 1 aliphatic heterocycles. The van der Waals surface area contributed by atoms with E-state index in [0.717, 1.165) is 3.57 Å². The van der Waals surface area contributed by atoms with Crippen LogP contribution in [0.3, 0.4) is 0 Å². The third-order valence-electron chi connectivity index (χ3n) is 1.83. The van der Waals surface area contributed by atoms with E-state index in [2.05, 4.69) is 6.58 Å². The molecule has 4 nitrogen and oxygen atoms in total. The van der Waals surface area contributed by atoms with Gasteiger partial charge in [0.05, 0.1) is 0 Å². The quantitative estimate of drug-likeness (QED) is 0.228. The van der Waals surface area contributed by atoms with Crippen molar-refractivity contribution in [2.45, 2.75) is 6.92 Å². The van der Waals surface area contributed by atoms with Crippen molar-refractivity contribution in [3.05, 3.63) is 33.9 Å². The summed E-state index contributed by atoms with van der Waals surface area (Å²) in [6.07, 6.45) is 0. The average Bonchev–Trinajstić information content (AvgIpc) is 2.57. The van der Waals surface area contributed by atoms with E-state index in [1.165, 1.54) is 0 Å². The van der Waals surface area contributed by atoms with Crippen molar-refractivity contribution in [2.75, 3.05) is 0 Å². The monoisotopic (exact) mass is 331 g/mol. The molecule has 0 radical (unpaired) electrons. The van der Waals surface area contributed by atoms with Crippen LogP contribution in [0.1, 0.15) is 6.92 Å². The third kappa shape index (κ3) is 2.24. The Kier molecular flexibility index (Phi) is 2.95. The molecule has 0 fully saturated rings. The Labute approximate surface area is 102 Å². The van der Waals surface area contributed by atoms with Gasteiger partial charge in [-0.15, -0.1) is 0 Å². The first-order valence-electron chi connectivity index (χ1n) is 4.44. The first kappa shape index (κ1) is 11.1. The molecule has 5 heteroatoms. The molecule has 0 amide bonds. The first-order valence-corrected chi connectivity index (χ1v) is 6.60. The van der Waals surface area contributed by atoms with Gasteiger partial charge in [-0.3, -0.25) is 0 Å². The summed E-state index contributed by atoms with van der Waals surface area (Å²) in [7, 11) is 0. The van der Waals surface area contributed by atoms with E-state index in [1.54, 1.807) is 25.1 Å². The number of benzene rings is 1. The van der Waals surface area contributed by atoms with Gasteiger partial charge in [-0.05, 0) is 0 Å². The molecule has 0 bridgehead atoms. The summed E-state index contributed by atoms with van der Waals surface area (Å²) in [5.74, 6) is 0.529. The van der Waals surface area contributed by atoms with Crippen LogP contribution in [-0.4, -0.2) is 9.95 Å². The number of fused-ring (bicyclic) bond motifs is 1. The van der Waals surface area contributed by atoms with Gasteiger partial charge in [0, 0.05) is 0 Å². The molecule has 1 aromatic rings. The van der Waals surface area contributed by atoms with Gasteiger partial charge in [0.2, 0.25) is 0 Å². The molecule has 1 aliphatic rings. The molecule has 0 saturated carbocycles. The number of halogens is 1.